The number of aliphatic hydroxyl groups excluding tert-OH is 1. The first-order valence-corrected chi connectivity index (χ1v) is 13.1. The van der Waals surface area contributed by atoms with Crippen LogP contribution < -0.4 is 18.9 Å². The Morgan fingerprint density at radius 1 is 0.897 bits per heavy atom. The van der Waals surface area contributed by atoms with E-state index in [9.17, 15) is 14.7 Å². The number of carbonyl (C=O) groups is 2. The SMILES string of the molecule is CCOc1ccc([C@@H]2C(=C(O)c3ccc4c(c3)OCCO4)C(=O)C(=O)N2CCc2ccccc2)cc1OCC. The number of Topliss-reactive ketones (excluding diaryl/α,β-unsaturated/α-hetero) is 1. The zero-order valence-corrected chi connectivity index (χ0v) is 22.0. The first-order chi connectivity index (χ1) is 19.0. The Labute approximate surface area is 227 Å². The van der Waals surface area contributed by atoms with Gasteiger partial charge in [0.1, 0.15) is 19.0 Å². The van der Waals surface area contributed by atoms with Crippen molar-refractivity contribution in [3.05, 3.63) is 89.0 Å². The predicted molar refractivity (Wildman–Crippen MR) is 145 cm³/mol. The fourth-order valence-corrected chi connectivity index (χ4v) is 4.94. The summed E-state index contributed by atoms with van der Waals surface area (Å²) < 4.78 is 22.8. The van der Waals surface area contributed by atoms with E-state index in [1.165, 1.54) is 4.90 Å². The third-order valence-electron chi connectivity index (χ3n) is 6.72. The highest BCUT2D eigenvalue weighted by Gasteiger charge is 2.46. The Bertz CT molecular complexity index is 1400. The average Bonchev–Trinajstić information content (AvgIpc) is 3.22. The van der Waals surface area contributed by atoms with Crippen molar-refractivity contribution >= 4 is 17.4 Å². The van der Waals surface area contributed by atoms with Crippen molar-refractivity contribution in [1.82, 2.24) is 4.90 Å². The minimum absolute atomic E-state index is 0.0105. The lowest BCUT2D eigenvalue weighted by atomic mass is 9.94. The van der Waals surface area contributed by atoms with Gasteiger partial charge in [0.25, 0.3) is 11.7 Å². The molecule has 1 fully saturated rings. The lowest BCUT2D eigenvalue weighted by Crippen LogP contribution is -2.31. The van der Waals surface area contributed by atoms with Gasteiger partial charge in [-0.05, 0) is 61.7 Å². The van der Waals surface area contributed by atoms with E-state index in [2.05, 4.69) is 0 Å². The van der Waals surface area contributed by atoms with Crippen molar-refractivity contribution in [2.24, 2.45) is 0 Å². The summed E-state index contributed by atoms with van der Waals surface area (Å²) in [6.07, 6.45) is 0.545. The number of aliphatic hydroxyl groups is 1. The summed E-state index contributed by atoms with van der Waals surface area (Å²) in [4.78, 5) is 28.4. The van der Waals surface area contributed by atoms with Gasteiger partial charge in [-0.1, -0.05) is 36.4 Å². The Balaban J connectivity index is 1.60. The summed E-state index contributed by atoms with van der Waals surface area (Å²) in [5.74, 6) is 0.421. The van der Waals surface area contributed by atoms with Gasteiger partial charge in [0, 0.05) is 12.1 Å². The van der Waals surface area contributed by atoms with Crippen LogP contribution in [0.1, 0.15) is 36.6 Å². The smallest absolute Gasteiger partial charge is 0.295 e. The molecule has 1 atom stereocenters. The van der Waals surface area contributed by atoms with Crippen molar-refractivity contribution < 1.29 is 33.6 Å². The molecule has 8 nitrogen and oxygen atoms in total. The van der Waals surface area contributed by atoms with Crippen LogP contribution in [-0.4, -0.2) is 54.7 Å². The highest BCUT2D eigenvalue weighted by atomic mass is 16.6. The highest BCUT2D eigenvalue weighted by Crippen LogP contribution is 2.43. The minimum atomic E-state index is -0.822. The fourth-order valence-electron chi connectivity index (χ4n) is 4.94. The lowest BCUT2D eigenvalue weighted by Gasteiger charge is -2.26. The van der Waals surface area contributed by atoms with E-state index in [0.29, 0.717) is 67.0 Å². The molecule has 39 heavy (non-hydrogen) atoms. The van der Waals surface area contributed by atoms with Crippen LogP contribution in [0.5, 0.6) is 23.0 Å². The van der Waals surface area contributed by atoms with Crippen LogP contribution in [0, 0.1) is 0 Å². The van der Waals surface area contributed by atoms with Crippen LogP contribution in [0.15, 0.2) is 72.3 Å². The number of ketones is 1. The number of fused-ring (bicyclic) bond motifs is 1. The van der Waals surface area contributed by atoms with Crippen LogP contribution >= 0.6 is 0 Å². The molecular weight excluding hydrogens is 498 g/mol. The average molecular weight is 530 g/mol. The molecule has 2 aliphatic rings. The van der Waals surface area contributed by atoms with Gasteiger partial charge in [0.15, 0.2) is 23.0 Å². The number of carbonyl (C=O) groups excluding carboxylic acids is 2. The summed E-state index contributed by atoms with van der Waals surface area (Å²) >= 11 is 0. The highest BCUT2D eigenvalue weighted by molar-refractivity contribution is 6.46. The zero-order chi connectivity index (χ0) is 27.4. The molecular formula is C31H31NO7. The van der Waals surface area contributed by atoms with Gasteiger partial charge in [-0.2, -0.15) is 0 Å². The maximum atomic E-state index is 13.5. The third kappa shape index (κ3) is 5.27. The van der Waals surface area contributed by atoms with E-state index >= 15 is 0 Å². The molecule has 3 aromatic carbocycles. The molecule has 3 aromatic rings. The Morgan fingerprint density at radius 3 is 2.36 bits per heavy atom. The van der Waals surface area contributed by atoms with Gasteiger partial charge < -0.3 is 29.0 Å². The van der Waals surface area contributed by atoms with Crippen LogP contribution in [0.2, 0.25) is 0 Å². The number of ether oxygens (including phenoxy) is 4. The molecule has 0 bridgehead atoms. The summed E-state index contributed by atoms with van der Waals surface area (Å²) in [6.45, 7) is 5.73. The van der Waals surface area contributed by atoms with E-state index in [1.54, 1.807) is 36.4 Å². The van der Waals surface area contributed by atoms with E-state index in [1.807, 2.05) is 44.2 Å². The van der Waals surface area contributed by atoms with Gasteiger partial charge in [-0.3, -0.25) is 9.59 Å². The largest absolute Gasteiger partial charge is 0.507 e. The molecule has 0 saturated carbocycles. The summed E-state index contributed by atoms with van der Waals surface area (Å²) in [7, 11) is 0. The number of amides is 1. The topological polar surface area (TPSA) is 94.5 Å². The summed E-state index contributed by atoms with van der Waals surface area (Å²) in [5, 5.41) is 11.5. The Hall–Kier alpha value is -4.46. The standard InChI is InChI=1S/C31H31NO7/c1-3-36-23-12-10-21(18-25(23)37-4-2)28-27(29(33)22-11-13-24-26(19-22)39-17-16-38-24)30(34)31(35)32(28)15-14-20-8-6-5-7-9-20/h5-13,18-19,28,33H,3-4,14-17H2,1-2H3/t28-/m1/s1. The van der Waals surface area contributed by atoms with Crippen molar-refractivity contribution in [2.45, 2.75) is 26.3 Å². The number of nitrogens with zero attached hydrogens (tertiary/aromatic N) is 1. The molecule has 2 heterocycles. The zero-order valence-electron chi connectivity index (χ0n) is 22.0. The first kappa shape index (κ1) is 26.2. The fraction of sp³-hybridized carbons (Fsp3) is 0.290. The maximum absolute atomic E-state index is 13.5. The molecule has 5 rings (SSSR count). The van der Waals surface area contributed by atoms with Gasteiger partial charge in [0.2, 0.25) is 0 Å². The predicted octanol–water partition coefficient (Wildman–Crippen LogP) is 4.92. The monoisotopic (exact) mass is 529 g/mol. The van der Waals surface area contributed by atoms with Crippen molar-refractivity contribution in [3.8, 4) is 23.0 Å². The second-order valence-electron chi connectivity index (χ2n) is 9.16. The van der Waals surface area contributed by atoms with E-state index < -0.39 is 17.7 Å². The van der Waals surface area contributed by atoms with Crippen LogP contribution in [0.3, 0.4) is 0 Å². The molecule has 202 valence electrons. The van der Waals surface area contributed by atoms with Crippen molar-refractivity contribution in [1.29, 1.82) is 0 Å². The first-order valence-electron chi connectivity index (χ1n) is 13.1. The molecule has 0 spiro atoms. The van der Waals surface area contributed by atoms with Gasteiger partial charge in [-0.25, -0.2) is 0 Å². The lowest BCUT2D eigenvalue weighted by molar-refractivity contribution is -0.139. The van der Waals surface area contributed by atoms with Crippen LogP contribution in [0.4, 0.5) is 0 Å². The van der Waals surface area contributed by atoms with E-state index in [0.717, 1.165) is 5.56 Å². The molecule has 0 unspecified atom stereocenters. The van der Waals surface area contributed by atoms with Crippen LogP contribution in [-0.2, 0) is 16.0 Å². The minimum Gasteiger partial charge on any atom is -0.507 e. The molecule has 1 N–H and O–H groups in total. The summed E-state index contributed by atoms with van der Waals surface area (Å²) in [6, 6.07) is 19.2. The van der Waals surface area contributed by atoms with Crippen molar-refractivity contribution in [2.75, 3.05) is 33.0 Å². The van der Waals surface area contributed by atoms with E-state index in [-0.39, 0.29) is 17.9 Å². The molecule has 0 radical (unpaired) electrons. The second kappa shape index (κ2) is 11.5. The third-order valence-corrected chi connectivity index (χ3v) is 6.72. The number of hydrogen-bond donors (Lipinski definition) is 1. The molecule has 0 aliphatic carbocycles. The number of hydrogen-bond acceptors (Lipinski definition) is 7. The van der Waals surface area contributed by atoms with Gasteiger partial charge in [-0.15, -0.1) is 0 Å². The molecule has 8 heteroatoms. The Kier molecular flexibility index (Phi) is 7.72. The van der Waals surface area contributed by atoms with Gasteiger partial charge >= 0.3 is 0 Å². The number of rotatable bonds is 9. The number of benzene rings is 3. The van der Waals surface area contributed by atoms with Crippen LogP contribution in [0.25, 0.3) is 5.76 Å². The van der Waals surface area contributed by atoms with Crippen molar-refractivity contribution in [3.63, 3.8) is 0 Å². The Morgan fingerprint density at radius 2 is 1.62 bits per heavy atom. The van der Waals surface area contributed by atoms with E-state index in [4.69, 9.17) is 18.9 Å². The van der Waals surface area contributed by atoms with Gasteiger partial charge in [0.05, 0.1) is 24.8 Å². The molecule has 0 aromatic heterocycles. The molecule has 2 aliphatic heterocycles. The number of likely N-dealkylation sites (tertiary alicyclic amines) is 1. The molecule has 1 saturated heterocycles. The quantitative estimate of drug-likeness (QED) is 0.239. The molecule has 1 amide bonds. The summed E-state index contributed by atoms with van der Waals surface area (Å²) in [5.41, 5.74) is 2.04. The maximum Gasteiger partial charge on any atom is 0.295 e. The second-order valence-corrected chi connectivity index (χ2v) is 9.16. The normalized spacial score (nSPS) is 17.8.